The number of rotatable bonds is 2. The molecule has 10 heavy (non-hydrogen) atoms. The highest BCUT2D eigenvalue weighted by Crippen LogP contribution is 2.14. The van der Waals surface area contributed by atoms with E-state index in [0.717, 1.165) is 0 Å². The van der Waals surface area contributed by atoms with E-state index in [0.29, 0.717) is 0 Å². The van der Waals surface area contributed by atoms with Gasteiger partial charge in [0.05, 0.1) is 0 Å². The number of halogens is 3. The molecule has 0 N–H and O–H groups in total. The second kappa shape index (κ2) is 3.17. The lowest BCUT2D eigenvalue weighted by Gasteiger charge is -2.01. The molecule has 0 aromatic carbocycles. The van der Waals surface area contributed by atoms with Gasteiger partial charge in [0.15, 0.2) is 13.2 Å². The van der Waals surface area contributed by atoms with Crippen LogP contribution < -0.4 is 0 Å². The van der Waals surface area contributed by atoms with Crippen LogP contribution in [-0.2, 0) is 9.53 Å². The number of hydrogen-bond acceptors (Lipinski definition) is 2. The summed E-state index contributed by atoms with van der Waals surface area (Å²) in [5.74, 6) is -1.20. The van der Waals surface area contributed by atoms with Gasteiger partial charge in [-0.1, -0.05) is 0 Å². The summed E-state index contributed by atoms with van der Waals surface area (Å²) in [4.78, 5) is 9.96. The van der Waals surface area contributed by atoms with Gasteiger partial charge in [-0.05, 0) is 0 Å². The Hall–Kier alpha value is -1.09. The van der Waals surface area contributed by atoms with E-state index < -0.39 is 18.8 Å². The fraction of sp³-hybridized carbons (Fsp3) is 0.400. The molecule has 0 saturated heterocycles. The van der Waals surface area contributed by atoms with Crippen LogP contribution in [0.4, 0.5) is 13.2 Å². The Morgan fingerprint density at radius 2 is 2.10 bits per heavy atom. The van der Waals surface area contributed by atoms with Crippen molar-refractivity contribution in [1.29, 1.82) is 0 Å². The van der Waals surface area contributed by atoms with Crippen LogP contribution in [0.5, 0.6) is 0 Å². The van der Waals surface area contributed by atoms with Gasteiger partial charge in [0.25, 0.3) is 0 Å². The molecule has 2 nitrogen and oxygen atoms in total. The molecule has 5 heteroatoms. The summed E-state index contributed by atoms with van der Waals surface area (Å²) >= 11 is 0. The summed E-state index contributed by atoms with van der Waals surface area (Å²) < 4.78 is 37.3. The first-order chi connectivity index (χ1) is 4.45. The van der Waals surface area contributed by atoms with Crippen LogP contribution in [0.3, 0.4) is 0 Å². The molecule has 0 spiro atoms. The molecule has 0 aliphatic carbocycles. The lowest BCUT2D eigenvalue weighted by Crippen LogP contribution is -2.19. The molecule has 0 heterocycles. The molecule has 0 fully saturated rings. The van der Waals surface area contributed by atoms with Crippen LogP contribution in [0.15, 0.2) is 6.58 Å². The fourth-order valence-electron chi connectivity index (χ4n) is 0.198. The van der Waals surface area contributed by atoms with Gasteiger partial charge in [-0.3, -0.25) is 0 Å². The molecule has 0 aliphatic heterocycles. The zero-order valence-corrected chi connectivity index (χ0v) is 4.86. The molecular formula is C5H4F3O2+. The zero-order valence-electron chi connectivity index (χ0n) is 4.86. The summed E-state index contributed by atoms with van der Waals surface area (Å²) in [5, 5.41) is 0. The van der Waals surface area contributed by atoms with Crippen LogP contribution in [0, 0.1) is 6.08 Å². The van der Waals surface area contributed by atoms with Crippen LogP contribution in [-0.4, -0.2) is 18.8 Å². The Kier molecular flexibility index (Phi) is 2.83. The minimum Gasteiger partial charge on any atom is -0.412 e. The Morgan fingerprint density at radius 3 is 2.40 bits per heavy atom. The van der Waals surface area contributed by atoms with Gasteiger partial charge in [0.1, 0.15) is 0 Å². The van der Waals surface area contributed by atoms with Gasteiger partial charge in [-0.15, -0.1) is 0 Å². The quantitative estimate of drug-likeness (QED) is 0.337. The number of carbonyl (C=O) groups is 1. The smallest absolute Gasteiger partial charge is 0.412 e. The molecule has 0 aromatic rings. The highest BCUT2D eigenvalue weighted by Gasteiger charge is 2.31. The summed E-state index contributed by atoms with van der Waals surface area (Å²) in [5.41, 5.74) is 0. The van der Waals surface area contributed by atoms with E-state index in [-0.39, 0.29) is 0 Å². The Bertz CT molecular complexity index is 138. The lowest BCUT2D eigenvalue weighted by molar-refractivity contribution is -0.183. The molecular weight excluding hydrogens is 149 g/mol. The predicted molar refractivity (Wildman–Crippen MR) is 25.9 cm³/mol. The van der Waals surface area contributed by atoms with E-state index in [2.05, 4.69) is 11.3 Å². The van der Waals surface area contributed by atoms with E-state index in [1.807, 2.05) is 0 Å². The SMILES string of the molecule is C=[C+]C(=O)OCC(F)(F)F. The number of esters is 1. The minimum absolute atomic E-state index is 1.20. The molecule has 0 radical (unpaired) electrons. The number of ether oxygens (including phenoxy) is 1. The van der Waals surface area contributed by atoms with Crippen molar-refractivity contribution in [3.8, 4) is 0 Å². The summed E-state index contributed by atoms with van der Waals surface area (Å²) in [6, 6.07) is 0. The second-order valence-electron chi connectivity index (χ2n) is 1.37. The summed E-state index contributed by atoms with van der Waals surface area (Å²) in [6.45, 7) is 1.21. The topological polar surface area (TPSA) is 26.3 Å². The van der Waals surface area contributed by atoms with Crippen molar-refractivity contribution in [2.45, 2.75) is 6.18 Å². The van der Waals surface area contributed by atoms with E-state index in [1.165, 1.54) is 0 Å². The van der Waals surface area contributed by atoms with E-state index in [1.54, 1.807) is 6.08 Å². The molecule has 0 amide bonds. The zero-order chi connectivity index (χ0) is 8.20. The van der Waals surface area contributed by atoms with E-state index in [4.69, 9.17) is 0 Å². The maximum Gasteiger partial charge on any atom is 0.588 e. The van der Waals surface area contributed by atoms with Crippen LogP contribution in [0.1, 0.15) is 0 Å². The third kappa shape index (κ3) is 5.05. The average molecular weight is 153 g/mol. The Labute approximate surface area is 55.3 Å². The largest absolute Gasteiger partial charge is 0.588 e. The molecule has 0 bridgehead atoms. The van der Waals surface area contributed by atoms with E-state index >= 15 is 0 Å². The number of hydrogen-bond donors (Lipinski definition) is 0. The van der Waals surface area contributed by atoms with E-state index in [9.17, 15) is 18.0 Å². The van der Waals surface area contributed by atoms with Crippen molar-refractivity contribution < 1.29 is 22.7 Å². The predicted octanol–water partition coefficient (Wildman–Crippen LogP) is 1.08. The molecule has 56 valence electrons. The maximum atomic E-state index is 11.2. The first kappa shape index (κ1) is 8.91. The third-order valence-corrected chi connectivity index (χ3v) is 0.511. The van der Waals surface area contributed by atoms with Gasteiger partial charge in [0.2, 0.25) is 0 Å². The summed E-state index contributed by atoms with van der Waals surface area (Å²) in [7, 11) is 0. The highest BCUT2D eigenvalue weighted by atomic mass is 19.4. The first-order valence-corrected chi connectivity index (χ1v) is 2.22. The monoisotopic (exact) mass is 153 g/mol. The summed E-state index contributed by atoms with van der Waals surface area (Å²) in [6.07, 6.45) is -2.85. The van der Waals surface area contributed by atoms with Crippen molar-refractivity contribution in [1.82, 2.24) is 0 Å². The molecule has 0 aromatic heterocycles. The van der Waals surface area contributed by atoms with Crippen LogP contribution >= 0.6 is 0 Å². The third-order valence-electron chi connectivity index (χ3n) is 0.511. The second-order valence-corrected chi connectivity index (χ2v) is 1.37. The van der Waals surface area contributed by atoms with Crippen molar-refractivity contribution in [2.24, 2.45) is 0 Å². The normalized spacial score (nSPS) is 10.3. The number of alkyl halides is 3. The van der Waals surface area contributed by atoms with Crippen molar-refractivity contribution in [3.05, 3.63) is 12.7 Å². The molecule has 0 aliphatic rings. The minimum atomic E-state index is -4.48. The van der Waals surface area contributed by atoms with Crippen molar-refractivity contribution in [3.63, 3.8) is 0 Å². The van der Waals surface area contributed by atoms with Gasteiger partial charge in [-0.25, -0.2) is 0 Å². The molecule has 0 atom stereocenters. The first-order valence-electron chi connectivity index (χ1n) is 2.22. The molecule has 0 saturated carbocycles. The van der Waals surface area contributed by atoms with Gasteiger partial charge in [0, 0.05) is 0 Å². The molecule has 0 unspecified atom stereocenters. The van der Waals surface area contributed by atoms with Gasteiger partial charge >= 0.3 is 18.2 Å². The Morgan fingerprint density at radius 1 is 1.60 bits per heavy atom. The van der Waals surface area contributed by atoms with Gasteiger partial charge < -0.3 is 4.74 Å². The van der Waals surface area contributed by atoms with Crippen molar-refractivity contribution in [2.75, 3.05) is 6.61 Å². The maximum absolute atomic E-state index is 11.2. The average Bonchev–Trinajstić information content (AvgIpc) is 1.81. The fourth-order valence-corrected chi connectivity index (χ4v) is 0.198. The van der Waals surface area contributed by atoms with Crippen molar-refractivity contribution >= 4 is 5.97 Å². The standard InChI is InChI=1S/C5H4F3O2/c1-2-4(9)10-3-5(6,7)8/h1,3H2/q+1. The lowest BCUT2D eigenvalue weighted by atomic mass is 10.6. The Balaban J connectivity index is 3.55. The van der Waals surface area contributed by atoms with Gasteiger partial charge in [-0.2, -0.15) is 18.0 Å². The van der Waals surface area contributed by atoms with Crippen LogP contribution in [0.2, 0.25) is 0 Å². The van der Waals surface area contributed by atoms with Crippen LogP contribution in [0.25, 0.3) is 0 Å². The molecule has 0 rings (SSSR count). The highest BCUT2D eigenvalue weighted by molar-refractivity contribution is 5.76. The number of carbonyl (C=O) groups excluding carboxylic acids is 1.